The average Bonchev–Trinajstić information content (AvgIpc) is 2.94. The van der Waals surface area contributed by atoms with Crippen LogP contribution in [0.5, 0.6) is 0 Å². The molecule has 0 unspecified atom stereocenters. The van der Waals surface area contributed by atoms with E-state index in [9.17, 15) is 24.6 Å². The minimum Gasteiger partial charge on any atom is -0.480 e. The quantitative estimate of drug-likeness (QED) is 0.579. The van der Waals surface area contributed by atoms with E-state index in [2.05, 4.69) is 5.32 Å². The van der Waals surface area contributed by atoms with E-state index in [1.54, 1.807) is 0 Å². The number of β-amino-alcohol motifs (C(OH)–C–C–N with tert-alkyl or cyclic N) is 1. The summed E-state index contributed by atoms with van der Waals surface area (Å²) in [6.45, 7) is 2.27. The molecular weight excluding hydrogens is 294 g/mol. The number of carbonyl (C=O) groups excluding carboxylic acids is 2. The first-order valence-electron chi connectivity index (χ1n) is 7.29. The maximum absolute atomic E-state index is 12.1. The molecule has 22 heavy (non-hydrogen) atoms. The molecule has 3 N–H and O–H groups in total. The van der Waals surface area contributed by atoms with Crippen LogP contribution >= 0.6 is 0 Å². The summed E-state index contributed by atoms with van der Waals surface area (Å²) in [4.78, 5) is 38.2. The molecule has 2 heterocycles. The fourth-order valence-electron chi connectivity index (χ4n) is 2.48. The molecule has 0 aromatic heterocycles. The summed E-state index contributed by atoms with van der Waals surface area (Å²) in [6, 6.07) is -1.85. The Hall–Kier alpha value is -1.87. The van der Waals surface area contributed by atoms with Crippen LogP contribution in [-0.2, 0) is 14.3 Å². The summed E-state index contributed by atoms with van der Waals surface area (Å²) in [7, 11) is 0. The molecule has 124 valence electrons. The Morgan fingerprint density at radius 2 is 1.86 bits per heavy atom. The van der Waals surface area contributed by atoms with Crippen molar-refractivity contribution in [3.63, 3.8) is 0 Å². The Labute approximate surface area is 127 Å². The molecule has 9 heteroatoms. The minimum atomic E-state index is -1.28. The number of carbonyl (C=O) groups is 3. The van der Waals surface area contributed by atoms with Crippen LogP contribution in [0.4, 0.5) is 4.79 Å². The molecule has 2 atom stereocenters. The molecule has 0 aliphatic carbocycles. The number of nitrogens with one attached hydrogen (secondary N) is 1. The lowest BCUT2D eigenvalue weighted by Gasteiger charge is -2.28. The SMILES string of the molecule is O=C(O)[C@@H](CC(=O)N1CCOCC1)NC(=O)N1CC[C@H](O)C1. The van der Waals surface area contributed by atoms with Gasteiger partial charge in [-0.3, -0.25) is 4.79 Å². The number of carboxylic acid groups (broad SMARTS) is 1. The summed E-state index contributed by atoms with van der Waals surface area (Å²) >= 11 is 0. The van der Waals surface area contributed by atoms with E-state index in [-0.39, 0.29) is 18.9 Å². The van der Waals surface area contributed by atoms with Gasteiger partial charge in [-0.1, -0.05) is 0 Å². The van der Waals surface area contributed by atoms with E-state index in [1.165, 1.54) is 9.80 Å². The Balaban J connectivity index is 1.87. The van der Waals surface area contributed by atoms with Crippen LogP contribution in [0.15, 0.2) is 0 Å². The highest BCUT2D eigenvalue weighted by Crippen LogP contribution is 2.10. The number of rotatable bonds is 4. The van der Waals surface area contributed by atoms with Crippen molar-refractivity contribution >= 4 is 17.9 Å². The molecular formula is C13H21N3O6. The van der Waals surface area contributed by atoms with Crippen molar-refractivity contribution in [1.82, 2.24) is 15.1 Å². The van der Waals surface area contributed by atoms with E-state index in [1.807, 2.05) is 0 Å². The van der Waals surface area contributed by atoms with Crippen LogP contribution in [0.2, 0.25) is 0 Å². The van der Waals surface area contributed by atoms with Gasteiger partial charge in [0.25, 0.3) is 0 Å². The zero-order valence-corrected chi connectivity index (χ0v) is 12.2. The standard InChI is InChI=1S/C13H21N3O6/c17-9-1-2-16(8-9)13(21)14-10(12(19)20)7-11(18)15-3-5-22-6-4-15/h9-10,17H,1-8H2,(H,14,21)(H,19,20)/t9-,10+/m0/s1. The van der Waals surface area contributed by atoms with Crippen LogP contribution in [0, 0.1) is 0 Å². The van der Waals surface area contributed by atoms with E-state index in [4.69, 9.17) is 4.74 Å². The Kier molecular flexibility index (Phi) is 5.56. The highest BCUT2D eigenvalue weighted by atomic mass is 16.5. The van der Waals surface area contributed by atoms with Crippen LogP contribution < -0.4 is 5.32 Å². The second-order valence-electron chi connectivity index (χ2n) is 5.43. The van der Waals surface area contributed by atoms with E-state index < -0.39 is 24.1 Å². The van der Waals surface area contributed by atoms with Gasteiger partial charge in [0.1, 0.15) is 6.04 Å². The third-order valence-electron chi connectivity index (χ3n) is 3.79. The Morgan fingerprint density at radius 1 is 1.18 bits per heavy atom. The van der Waals surface area contributed by atoms with Gasteiger partial charge in [-0.25, -0.2) is 9.59 Å². The predicted molar refractivity (Wildman–Crippen MR) is 74.2 cm³/mol. The average molecular weight is 315 g/mol. The summed E-state index contributed by atoms with van der Waals surface area (Å²) < 4.78 is 5.13. The fraction of sp³-hybridized carbons (Fsp3) is 0.769. The topological polar surface area (TPSA) is 119 Å². The van der Waals surface area contributed by atoms with Crippen LogP contribution in [-0.4, -0.2) is 89.5 Å². The number of likely N-dealkylation sites (tertiary alicyclic amines) is 1. The first-order chi connectivity index (χ1) is 10.5. The highest BCUT2D eigenvalue weighted by molar-refractivity contribution is 5.88. The van der Waals surface area contributed by atoms with Gasteiger partial charge in [0, 0.05) is 26.2 Å². The number of nitrogens with zero attached hydrogens (tertiary/aromatic N) is 2. The minimum absolute atomic E-state index is 0.176. The molecule has 2 aliphatic rings. The molecule has 0 aromatic rings. The number of urea groups is 1. The molecule has 2 saturated heterocycles. The third-order valence-corrected chi connectivity index (χ3v) is 3.79. The Morgan fingerprint density at radius 3 is 2.41 bits per heavy atom. The van der Waals surface area contributed by atoms with Gasteiger partial charge in [0.2, 0.25) is 5.91 Å². The molecule has 0 aromatic carbocycles. The summed E-state index contributed by atoms with van der Waals surface area (Å²) in [5, 5.41) is 20.9. The van der Waals surface area contributed by atoms with Gasteiger partial charge in [-0.2, -0.15) is 0 Å². The predicted octanol–water partition coefficient (Wildman–Crippen LogP) is -1.54. The van der Waals surface area contributed by atoms with Crippen LogP contribution in [0.1, 0.15) is 12.8 Å². The van der Waals surface area contributed by atoms with Crippen molar-refractivity contribution in [2.24, 2.45) is 0 Å². The smallest absolute Gasteiger partial charge is 0.326 e. The molecule has 3 amide bonds. The third kappa shape index (κ3) is 4.31. The van der Waals surface area contributed by atoms with E-state index in [0.29, 0.717) is 39.3 Å². The normalized spacial score (nSPS) is 23.2. The molecule has 2 fully saturated rings. The number of amides is 3. The molecule has 0 saturated carbocycles. The van der Waals surface area contributed by atoms with Gasteiger partial charge >= 0.3 is 12.0 Å². The van der Waals surface area contributed by atoms with Crippen molar-refractivity contribution in [2.45, 2.75) is 25.0 Å². The van der Waals surface area contributed by atoms with Crippen molar-refractivity contribution in [1.29, 1.82) is 0 Å². The van der Waals surface area contributed by atoms with Gasteiger partial charge in [-0.05, 0) is 6.42 Å². The monoisotopic (exact) mass is 315 g/mol. The zero-order chi connectivity index (χ0) is 16.1. The van der Waals surface area contributed by atoms with Crippen molar-refractivity contribution in [2.75, 3.05) is 39.4 Å². The number of aliphatic hydroxyl groups excluding tert-OH is 1. The first-order valence-corrected chi connectivity index (χ1v) is 7.29. The van der Waals surface area contributed by atoms with Crippen molar-refractivity contribution in [3.05, 3.63) is 0 Å². The van der Waals surface area contributed by atoms with Crippen molar-refractivity contribution in [3.8, 4) is 0 Å². The molecule has 0 radical (unpaired) electrons. The van der Waals surface area contributed by atoms with Crippen LogP contribution in [0.25, 0.3) is 0 Å². The summed E-state index contributed by atoms with van der Waals surface area (Å²) in [5.41, 5.74) is 0. The fourth-order valence-corrected chi connectivity index (χ4v) is 2.48. The van der Waals surface area contributed by atoms with Gasteiger partial charge in [0.05, 0.1) is 25.7 Å². The number of aliphatic carboxylic acids is 1. The molecule has 9 nitrogen and oxygen atoms in total. The molecule has 2 aliphatic heterocycles. The summed E-state index contributed by atoms with van der Waals surface area (Å²) in [5.74, 6) is -1.58. The van der Waals surface area contributed by atoms with E-state index in [0.717, 1.165) is 0 Å². The number of ether oxygens (including phenoxy) is 1. The molecule has 0 bridgehead atoms. The zero-order valence-electron chi connectivity index (χ0n) is 12.2. The largest absolute Gasteiger partial charge is 0.480 e. The number of hydrogen-bond acceptors (Lipinski definition) is 5. The second kappa shape index (κ2) is 7.41. The summed E-state index contributed by atoms with van der Waals surface area (Å²) in [6.07, 6.45) is -0.404. The lowest BCUT2D eigenvalue weighted by molar-refractivity contribution is -0.144. The van der Waals surface area contributed by atoms with E-state index >= 15 is 0 Å². The maximum atomic E-state index is 12.1. The van der Waals surface area contributed by atoms with Gasteiger partial charge in [0.15, 0.2) is 0 Å². The lowest BCUT2D eigenvalue weighted by atomic mass is 10.2. The number of aliphatic hydroxyl groups is 1. The van der Waals surface area contributed by atoms with Crippen LogP contribution in [0.3, 0.4) is 0 Å². The number of hydrogen-bond donors (Lipinski definition) is 3. The number of morpholine rings is 1. The lowest BCUT2D eigenvalue weighted by Crippen LogP contribution is -2.50. The van der Waals surface area contributed by atoms with Crippen molar-refractivity contribution < 1.29 is 29.3 Å². The number of carboxylic acids is 1. The highest BCUT2D eigenvalue weighted by Gasteiger charge is 2.30. The maximum Gasteiger partial charge on any atom is 0.326 e. The Bertz CT molecular complexity index is 419. The molecule has 2 rings (SSSR count). The van der Waals surface area contributed by atoms with Gasteiger partial charge in [-0.15, -0.1) is 0 Å². The first kappa shape index (κ1) is 16.5. The van der Waals surface area contributed by atoms with Gasteiger partial charge < -0.3 is 30.1 Å². The second-order valence-corrected chi connectivity index (χ2v) is 5.43. The molecule has 0 spiro atoms.